The van der Waals surface area contributed by atoms with Crippen LogP contribution in [0.5, 0.6) is 0 Å². The molecule has 0 aromatic heterocycles. The van der Waals surface area contributed by atoms with E-state index in [-0.39, 0.29) is 30.4 Å². The van der Waals surface area contributed by atoms with E-state index in [1.807, 2.05) is 13.8 Å². The number of aliphatic hydroxyl groups is 1. The fourth-order valence-electron chi connectivity index (χ4n) is 2.24. The standard InChI is InChI=1S/C14H19F2NO2/c1-3-11(4-2)17(5-6-18)14-12(15)7-10(9-19)8-13(14)16/h7-9,11,18H,3-6H2,1-2H3. The van der Waals surface area contributed by atoms with Gasteiger partial charge in [0.25, 0.3) is 0 Å². The quantitative estimate of drug-likeness (QED) is 0.775. The van der Waals surface area contributed by atoms with Crippen molar-refractivity contribution in [1.29, 1.82) is 0 Å². The Balaban J connectivity index is 3.25. The molecule has 1 rings (SSSR count). The molecule has 0 aliphatic heterocycles. The highest BCUT2D eigenvalue weighted by Gasteiger charge is 2.22. The second kappa shape index (κ2) is 7.19. The molecule has 1 N–H and O–H groups in total. The first-order valence-electron chi connectivity index (χ1n) is 6.40. The van der Waals surface area contributed by atoms with Crippen LogP contribution in [0.2, 0.25) is 0 Å². The van der Waals surface area contributed by atoms with Crippen LogP contribution in [0.25, 0.3) is 0 Å². The smallest absolute Gasteiger partial charge is 0.150 e. The Labute approximate surface area is 111 Å². The lowest BCUT2D eigenvalue weighted by atomic mass is 10.1. The molecule has 0 amide bonds. The summed E-state index contributed by atoms with van der Waals surface area (Å²) in [6.07, 6.45) is 1.83. The van der Waals surface area contributed by atoms with E-state index in [9.17, 15) is 13.6 Å². The van der Waals surface area contributed by atoms with Crippen molar-refractivity contribution < 1.29 is 18.7 Å². The molecule has 1 aromatic carbocycles. The number of halogens is 2. The van der Waals surface area contributed by atoms with Gasteiger partial charge >= 0.3 is 0 Å². The zero-order valence-corrected chi connectivity index (χ0v) is 11.2. The van der Waals surface area contributed by atoms with Gasteiger partial charge in [-0.15, -0.1) is 0 Å². The summed E-state index contributed by atoms with van der Waals surface area (Å²) in [6.45, 7) is 3.81. The minimum Gasteiger partial charge on any atom is -0.395 e. The van der Waals surface area contributed by atoms with E-state index < -0.39 is 11.6 Å². The Morgan fingerprint density at radius 2 is 1.79 bits per heavy atom. The van der Waals surface area contributed by atoms with Gasteiger partial charge in [-0.05, 0) is 25.0 Å². The zero-order valence-electron chi connectivity index (χ0n) is 11.2. The maximum Gasteiger partial charge on any atom is 0.150 e. The number of aldehydes is 1. The molecule has 106 valence electrons. The van der Waals surface area contributed by atoms with Gasteiger partial charge in [0.05, 0.1) is 6.61 Å². The fourth-order valence-corrected chi connectivity index (χ4v) is 2.24. The van der Waals surface area contributed by atoms with Gasteiger partial charge in [0, 0.05) is 18.2 Å². The van der Waals surface area contributed by atoms with Gasteiger partial charge in [-0.25, -0.2) is 8.78 Å². The normalized spacial score (nSPS) is 10.8. The largest absolute Gasteiger partial charge is 0.395 e. The minimum absolute atomic E-state index is 0.0350. The zero-order chi connectivity index (χ0) is 14.4. The number of benzene rings is 1. The Morgan fingerprint density at radius 3 is 2.16 bits per heavy atom. The van der Waals surface area contributed by atoms with Gasteiger partial charge in [0.15, 0.2) is 0 Å². The van der Waals surface area contributed by atoms with E-state index in [0.717, 1.165) is 12.1 Å². The van der Waals surface area contributed by atoms with E-state index in [0.29, 0.717) is 19.1 Å². The van der Waals surface area contributed by atoms with Crippen LogP contribution in [0.15, 0.2) is 12.1 Å². The van der Waals surface area contributed by atoms with Crippen molar-refractivity contribution in [3.8, 4) is 0 Å². The van der Waals surface area contributed by atoms with Crippen molar-refractivity contribution in [2.24, 2.45) is 0 Å². The SMILES string of the molecule is CCC(CC)N(CCO)c1c(F)cc(C=O)cc1F. The van der Waals surface area contributed by atoms with Crippen LogP contribution in [-0.2, 0) is 0 Å². The topological polar surface area (TPSA) is 40.5 Å². The molecule has 0 aliphatic carbocycles. The number of anilines is 1. The number of nitrogens with zero attached hydrogens (tertiary/aromatic N) is 1. The number of aliphatic hydroxyl groups excluding tert-OH is 1. The molecular weight excluding hydrogens is 252 g/mol. The molecule has 1 aromatic rings. The lowest BCUT2D eigenvalue weighted by Gasteiger charge is -2.32. The summed E-state index contributed by atoms with van der Waals surface area (Å²) in [5.41, 5.74) is -0.208. The van der Waals surface area contributed by atoms with Gasteiger partial charge in [0.2, 0.25) is 0 Å². The summed E-state index contributed by atoms with van der Waals surface area (Å²) in [7, 11) is 0. The molecule has 5 heteroatoms. The molecule has 0 spiro atoms. The third-order valence-electron chi connectivity index (χ3n) is 3.19. The first kappa shape index (κ1) is 15.6. The Bertz CT molecular complexity index is 410. The van der Waals surface area contributed by atoms with Gasteiger partial charge in [-0.2, -0.15) is 0 Å². The lowest BCUT2D eigenvalue weighted by Crippen LogP contribution is -2.38. The van der Waals surface area contributed by atoms with Crippen LogP contribution < -0.4 is 4.90 Å². The third-order valence-corrected chi connectivity index (χ3v) is 3.19. The van der Waals surface area contributed by atoms with Crippen molar-refractivity contribution in [1.82, 2.24) is 0 Å². The number of rotatable bonds is 7. The van der Waals surface area contributed by atoms with Crippen LogP contribution in [-0.4, -0.2) is 30.6 Å². The van der Waals surface area contributed by atoms with Crippen LogP contribution in [0, 0.1) is 11.6 Å². The van der Waals surface area contributed by atoms with E-state index in [4.69, 9.17) is 5.11 Å². The van der Waals surface area contributed by atoms with E-state index in [2.05, 4.69) is 0 Å². The molecule has 19 heavy (non-hydrogen) atoms. The van der Waals surface area contributed by atoms with Crippen LogP contribution >= 0.6 is 0 Å². The van der Waals surface area contributed by atoms with Crippen molar-refractivity contribution in [3.63, 3.8) is 0 Å². The number of carbonyl (C=O) groups is 1. The van der Waals surface area contributed by atoms with Crippen molar-refractivity contribution in [3.05, 3.63) is 29.3 Å². The highest BCUT2D eigenvalue weighted by atomic mass is 19.1. The van der Waals surface area contributed by atoms with Gasteiger partial charge in [0.1, 0.15) is 23.6 Å². The second-order valence-corrected chi connectivity index (χ2v) is 4.34. The highest BCUT2D eigenvalue weighted by molar-refractivity contribution is 5.76. The highest BCUT2D eigenvalue weighted by Crippen LogP contribution is 2.28. The van der Waals surface area contributed by atoms with Crippen molar-refractivity contribution in [2.45, 2.75) is 32.7 Å². The fraction of sp³-hybridized carbons (Fsp3) is 0.500. The lowest BCUT2D eigenvalue weighted by molar-refractivity contribution is 0.112. The van der Waals surface area contributed by atoms with Gasteiger partial charge in [-0.3, -0.25) is 4.79 Å². The van der Waals surface area contributed by atoms with E-state index in [1.54, 1.807) is 0 Å². The molecule has 0 saturated heterocycles. The summed E-state index contributed by atoms with van der Waals surface area (Å²) in [5, 5.41) is 9.08. The van der Waals surface area contributed by atoms with Crippen LogP contribution in [0.4, 0.5) is 14.5 Å². The molecule has 0 fully saturated rings. The molecule has 0 radical (unpaired) electrons. The van der Waals surface area contributed by atoms with Crippen molar-refractivity contribution >= 4 is 12.0 Å². The predicted octanol–water partition coefficient (Wildman–Crippen LogP) is 2.76. The van der Waals surface area contributed by atoms with Gasteiger partial charge < -0.3 is 10.0 Å². The maximum absolute atomic E-state index is 14.0. The summed E-state index contributed by atoms with van der Waals surface area (Å²) < 4.78 is 28.0. The minimum atomic E-state index is -0.776. The monoisotopic (exact) mass is 271 g/mol. The molecule has 0 bridgehead atoms. The summed E-state index contributed by atoms with van der Waals surface area (Å²) >= 11 is 0. The Hall–Kier alpha value is -1.49. The molecular formula is C14H19F2NO2. The number of carbonyl (C=O) groups excluding carboxylic acids is 1. The van der Waals surface area contributed by atoms with E-state index >= 15 is 0 Å². The predicted molar refractivity (Wildman–Crippen MR) is 70.5 cm³/mol. The molecule has 3 nitrogen and oxygen atoms in total. The maximum atomic E-state index is 14.0. The first-order chi connectivity index (χ1) is 9.08. The van der Waals surface area contributed by atoms with Gasteiger partial charge in [-0.1, -0.05) is 13.8 Å². The first-order valence-corrected chi connectivity index (χ1v) is 6.40. The van der Waals surface area contributed by atoms with Crippen LogP contribution in [0.3, 0.4) is 0 Å². The average Bonchev–Trinajstić information content (AvgIpc) is 2.39. The average molecular weight is 271 g/mol. The molecule has 0 aliphatic rings. The van der Waals surface area contributed by atoms with Crippen LogP contribution in [0.1, 0.15) is 37.0 Å². The second-order valence-electron chi connectivity index (χ2n) is 4.34. The molecule has 0 heterocycles. The Morgan fingerprint density at radius 1 is 1.26 bits per heavy atom. The van der Waals surface area contributed by atoms with Crippen molar-refractivity contribution in [2.75, 3.05) is 18.1 Å². The summed E-state index contributed by atoms with van der Waals surface area (Å²) in [6, 6.07) is 1.97. The number of hydrogen-bond acceptors (Lipinski definition) is 3. The number of hydrogen-bond donors (Lipinski definition) is 1. The molecule has 0 atom stereocenters. The molecule has 0 saturated carbocycles. The molecule has 0 unspecified atom stereocenters. The third kappa shape index (κ3) is 3.50. The van der Waals surface area contributed by atoms with E-state index in [1.165, 1.54) is 4.90 Å². The summed E-state index contributed by atoms with van der Waals surface area (Å²) in [5.74, 6) is -1.55. The Kier molecular flexibility index (Phi) is 5.89. The summed E-state index contributed by atoms with van der Waals surface area (Å²) in [4.78, 5) is 12.1.